The van der Waals surface area contributed by atoms with Gasteiger partial charge in [0.1, 0.15) is 11.5 Å². The minimum atomic E-state index is -0.725. The normalized spacial score (nSPS) is 16.7. The van der Waals surface area contributed by atoms with Gasteiger partial charge in [-0.25, -0.2) is 0 Å². The molecule has 1 heterocycles. The molecule has 1 saturated carbocycles. The molecular formula is C33H39NO4. The fraction of sp³-hybridized carbons (Fsp3) is 0.424. The molecule has 1 N–H and O–H groups in total. The topological polar surface area (TPSA) is 59.0 Å². The number of hydrogen-bond donors (Lipinski definition) is 1. The molecule has 5 heteroatoms. The van der Waals surface area contributed by atoms with Gasteiger partial charge < -0.3 is 19.5 Å². The number of carboxylic acid groups (broad SMARTS) is 1. The first-order chi connectivity index (χ1) is 18.5. The van der Waals surface area contributed by atoms with Crippen LogP contribution >= 0.6 is 0 Å². The van der Waals surface area contributed by atoms with E-state index in [9.17, 15) is 9.90 Å². The molecule has 1 saturated heterocycles. The lowest BCUT2D eigenvalue weighted by Crippen LogP contribution is -2.35. The lowest BCUT2D eigenvalue weighted by Gasteiger charge is -2.35. The number of ether oxygens (including phenoxy) is 2. The van der Waals surface area contributed by atoms with Crippen molar-refractivity contribution < 1.29 is 19.4 Å². The predicted molar refractivity (Wildman–Crippen MR) is 152 cm³/mol. The lowest BCUT2D eigenvalue weighted by atomic mass is 9.91. The minimum Gasteiger partial charge on any atom is -0.497 e. The molecule has 200 valence electrons. The van der Waals surface area contributed by atoms with Crippen molar-refractivity contribution in [3.63, 3.8) is 0 Å². The molecule has 1 aliphatic carbocycles. The van der Waals surface area contributed by atoms with Crippen molar-refractivity contribution in [1.29, 1.82) is 0 Å². The molecule has 1 aliphatic heterocycles. The number of piperidine rings is 1. The summed E-state index contributed by atoms with van der Waals surface area (Å²) in [7, 11) is 1.72. The highest BCUT2D eigenvalue weighted by molar-refractivity contribution is 5.80. The Labute approximate surface area is 226 Å². The number of aliphatic carboxylic acids is 1. The number of anilines is 1. The van der Waals surface area contributed by atoms with Crippen molar-refractivity contribution in [2.75, 3.05) is 31.7 Å². The summed E-state index contributed by atoms with van der Waals surface area (Å²) in [5, 5.41) is 9.36. The third kappa shape index (κ3) is 6.32. The van der Waals surface area contributed by atoms with Gasteiger partial charge in [-0.2, -0.15) is 0 Å². The standard InChI is InChI=1S/C33H39NO4/c1-3-23-7-9-25(10-8-23)30-14-13-28(37-2)20-32(30)34-17-15-24(16-18-34)22-38-29-6-4-5-27(19-29)31(21-33(35)36)26-11-12-26/h4-10,13-14,19-20,24,26,31H,3,11-12,15-18,21-22H2,1-2H3,(H,35,36). The highest BCUT2D eigenvalue weighted by Gasteiger charge is 2.34. The van der Waals surface area contributed by atoms with Crippen LogP contribution in [0.2, 0.25) is 0 Å². The van der Waals surface area contributed by atoms with Crippen LogP contribution in [0.1, 0.15) is 56.1 Å². The smallest absolute Gasteiger partial charge is 0.303 e. The molecule has 0 spiro atoms. The Balaban J connectivity index is 1.22. The zero-order valence-electron chi connectivity index (χ0n) is 22.6. The van der Waals surface area contributed by atoms with Crippen LogP contribution in [0, 0.1) is 11.8 Å². The van der Waals surface area contributed by atoms with E-state index in [1.807, 2.05) is 18.2 Å². The van der Waals surface area contributed by atoms with E-state index >= 15 is 0 Å². The zero-order chi connectivity index (χ0) is 26.5. The molecule has 5 rings (SSSR count). The SMILES string of the molecule is CCc1ccc(-c2ccc(OC)cc2N2CCC(COc3cccc(C(CC(=O)O)C4CC4)c3)CC2)cc1. The molecule has 3 aromatic carbocycles. The number of rotatable bonds is 11. The minimum absolute atomic E-state index is 0.0922. The maximum atomic E-state index is 11.4. The number of nitrogens with zero attached hydrogens (tertiary/aromatic N) is 1. The highest BCUT2D eigenvalue weighted by atomic mass is 16.5. The van der Waals surface area contributed by atoms with E-state index < -0.39 is 5.97 Å². The van der Waals surface area contributed by atoms with Gasteiger partial charge in [-0.15, -0.1) is 0 Å². The predicted octanol–water partition coefficient (Wildman–Crippen LogP) is 7.19. The van der Waals surface area contributed by atoms with Crippen LogP contribution in [0.4, 0.5) is 5.69 Å². The number of benzene rings is 3. The number of carboxylic acids is 1. The average molecular weight is 514 g/mol. The molecule has 0 bridgehead atoms. The van der Waals surface area contributed by atoms with Crippen LogP contribution in [-0.2, 0) is 11.2 Å². The molecule has 2 fully saturated rings. The second-order valence-electron chi connectivity index (χ2n) is 10.8. The van der Waals surface area contributed by atoms with Crippen LogP contribution < -0.4 is 14.4 Å². The summed E-state index contributed by atoms with van der Waals surface area (Å²) >= 11 is 0. The Morgan fingerprint density at radius 3 is 2.39 bits per heavy atom. The Kier molecular flexibility index (Phi) is 8.21. The van der Waals surface area contributed by atoms with E-state index in [4.69, 9.17) is 9.47 Å². The van der Waals surface area contributed by atoms with Gasteiger partial charge in [-0.1, -0.05) is 43.3 Å². The van der Waals surface area contributed by atoms with E-state index in [2.05, 4.69) is 60.4 Å². The van der Waals surface area contributed by atoms with Crippen LogP contribution in [-0.4, -0.2) is 37.9 Å². The maximum Gasteiger partial charge on any atom is 0.303 e. The van der Waals surface area contributed by atoms with Gasteiger partial charge in [-0.05, 0) is 90.8 Å². The van der Waals surface area contributed by atoms with E-state index in [1.165, 1.54) is 22.4 Å². The van der Waals surface area contributed by atoms with Gasteiger partial charge in [0.15, 0.2) is 0 Å². The summed E-state index contributed by atoms with van der Waals surface area (Å²) in [5.74, 6) is 2.09. The van der Waals surface area contributed by atoms with Gasteiger partial charge in [0.25, 0.3) is 0 Å². The van der Waals surface area contributed by atoms with Crippen LogP contribution in [0.25, 0.3) is 11.1 Å². The van der Waals surface area contributed by atoms with Crippen LogP contribution in [0.3, 0.4) is 0 Å². The molecule has 1 unspecified atom stereocenters. The molecule has 0 amide bonds. The van der Waals surface area contributed by atoms with Crippen LogP contribution in [0.15, 0.2) is 66.7 Å². The van der Waals surface area contributed by atoms with Crippen molar-refractivity contribution in [3.8, 4) is 22.6 Å². The first-order valence-electron chi connectivity index (χ1n) is 14.0. The van der Waals surface area contributed by atoms with E-state index in [0.29, 0.717) is 18.4 Å². The summed E-state index contributed by atoms with van der Waals surface area (Å²) in [4.78, 5) is 13.9. The molecule has 0 radical (unpaired) electrons. The van der Waals surface area contributed by atoms with E-state index in [0.717, 1.165) is 62.3 Å². The highest BCUT2D eigenvalue weighted by Crippen LogP contribution is 2.45. The molecule has 38 heavy (non-hydrogen) atoms. The number of methoxy groups -OCH3 is 1. The molecule has 5 nitrogen and oxygen atoms in total. The average Bonchev–Trinajstić information content (AvgIpc) is 3.80. The number of carbonyl (C=O) groups is 1. The third-order valence-electron chi connectivity index (χ3n) is 8.19. The van der Waals surface area contributed by atoms with Gasteiger partial charge in [-0.3, -0.25) is 4.79 Å². The van der Waals surface area contributed by atoms with Crippen molar-refractivity contribution in [2.24, 2.45) is 11.8 Å². The van der Waals surface area contributed by atoms with Gasteiger partial charge in [0.05, 0.1) is 20.1 Å². The van der Waals surface area contributed by atoms with E-state index in [1.54, 1.807) is 7.11 Å². The Hall–Kier alpha value is -3.47. The number of hydrogen-bond acceptors (Lipinski definition) is 4. The molecule has 2 aliphatic rings. The fourth-order valence-electron chi connectivity index (χ4n) is 5.70. The summed E-state index contributed by atoms with van der Waals surface area (Å²) in [5.41, 5.74) is 6.15. The van der Waals surface area contributed by atoms with Crippen molar-refractivity contribution in [1.82, 2.24) is 0 Å². The lowest BCUT2D eigenvalue weighted by molar-refractivity contribution is -0.137. The van der Waals surface area contributed by atoms with Crippen molar-refractivity contribution in [3.05, 3.63) is 77.9 Å². The largest absolute Gasteiger partial charge is 0.497 e. The summed E-state index contributed by atoms with van der Waals surface area (Å²) in [6.07, 6.45) is 5.62. The van der Waals surface area contributed by atoms with Gasteiger partial charge >= 0.3 is 5.97 Å². The molecule has 1 atom stereocenters. The second kappa shape index (κ2) is 11.9. The zero-order valence-corrected chi connectivity index (χ0v) is 22.6. The van der Waals surface area contributed by atoms with E-state index in [-0.39, 0.29) is 12.3 Å². The van der Waals surface area contributed by atoms with Crippen LogP contribution in [0.5, 0.6) is 11.5 Å². The van der Waals surface area contributed by atoms with Crippen molar-refractivity contribution >= 4 is 11.7 Å². The maximum absolute atomic E-state index is 11.4. The van der Waals surface area contributed by atoms with Gasteiger partial charge in [0, 0.05) is 30.4 Å². The third-order valence-corrected chi connectivity index (χ3v) is 8.19. The fourth-order valence-corrected chi connectivity index (χ4v) is 5.70. The second-order valence-corrected chi connectivity index (χ2v) is 10.8. The molecular weight excluding hydrogens is 474 g/mol. The van der Waals surface area contributed by atoms with Crippen molar-refractivity contribution in [2.45, 2.75) is 51.4 Å². The molecule has 3 aromatic rings. The van der Waals surface area contributed by atoms with Gasteiger partial charge in [0.2, 0.25) is 0 Å². The molecule has 0 aromatic heterocycles. The Bertz CT molecular complexity index is 1230. The number of aryl methyl sites for hydroxylation is 1. The Morgan fingerprint density at radius 2 is 1.74 bits per heavy atom. The summed E-state index contributed by atoms with van der Waals surface area (Å²) in [6.45, 7) is 4.82. The summed E-state index contributed by atoms with van der Waals surface area (Å²) < 4.78 is 11.8. The first-order valence-corrected chi connectivity index (χ1v) is 14.0. The summed E-state index contributed by atoms with van der Waals surface area (Å²) in [6, 6.07) is 23.4. The first kappa shape index (κ1) is 26.1. The quantitative estimate of drug-likeness (QED) is 0.294. The Morgan fingerprint density at radius 1 is 0.974 bits per heavy atom. The monoisotopic (exact) mass is 513 g/mol.